The summed E-state index contributed by atoms with van der Waals surface area (Å²) < 4.78 is 5.13. The highest BCUT2D eigenvalue weighted by Crippen LogP contribution is 2.07. The van der Waals surface area contributed by atoms with E-state index in [2.05, 4.69) is 36.6 Å². The fraction of sp³-hybridized carbons (Fsp3) is 0.500. The van der Waals surface area contributed by atoms with Gasteiger partial charge in [0.25, 0.3) is 0 Å². The minimum Gasteiger partial charge on any atom is -0.480 e. The van der Waals surface area contributed by atoms with Gasteiger partial charge in [0.2, 0.25) is 23.6 Å². The molecule has 15 nitrogen and oxygen atoms in total. The summed E-state index contributed by atoms with van der Waals surface area (Å²) in [6.07, 6.45) is 2.23. The molecule has 0 aliphatic rings. The van der Waals surface area contributed by atoms with Crippen LogP contribution in [-0.4, -0.2) is 81.5 Å². The van der Waals surface area contributed by atoms with Crippen LogP contribution in [0.3, 0.4) is 0 Å². The number of hydrogen-bond donors (Lipinski definition) is 7. The molecule has 0 spiro atoms. The molecule has 0 saturated carbocycles. The highest BCUT2D eigenvalue weighted by molar-refractivity contribution is 5.94. The average molecular weight is 630 g/mol. The molecule has 0 bridgehead atoms. The van der Waals surface area contributed by atoms with Crippen molar-refractivity contribution < 1.29 is 38.6 Å². The Balaban J connectivity index is 1.94. The zero-order valence-electron chi connectivity index (χ0n) is 26.1. The molecule has 246 valence electrons. The number of rotatable bonds is 17. The third-order valence-electron chi connectivity index (χ3n) is 6.56. The van der Waals surface area contributed by atoms with Crippen LogP contribution in [0.5, 0.6) is 0 Å². The van der Waals surface area contributed by atoms with Gasteiger partial charge in [0.1, 0.15) is 30.8 Å². The molecule has 0 saturated heterocycles. The van der Waals surface area contributed by atoms with Gasteiger partial charge in [-0.3, -0.25) is 19.2 Å². The largest absolute Gasteiger partial charge is 0.480 e. The van der Waals surface area contributed by atoms with Crippen molar-refractivity contribution in [1.29, 1.82) is 0 Å². The number of H-pyrrole nitrogens is 1. The number of carboxylic acids is 1. The van der Waals surface area contributed by atoms with E-state index in [0.717, 1.165) is 5.56 Å². The van der Waals surface area contributed by atoms with Crippen LogP contribution in [-0.2, 0) is 41.7 Å². The Morgan fingerprint density at radius 3 is 2.13 bits per heavy atom. The maximum atomic E-state index is 13.0. The highest BCUT2D eigenvalue weighted by atomic mass is 16.5. The van der Waals surface area contributed by atoms with E-state index in [1.165, 1.54) is 19.4 Å². The smallest absolute Gasteiger partial charge is 0.408 e. The molecule has 7 N–H and O–H groups in total. The summed E-state index contributed by atoms with van der Waals surface area (Å²) >= 11 is 0. The van der Waals surface area contributed by atoms with Gasteiger partial charge in [-0.15, -0.1) is 0 Å². The number of carboxylic acid groups (broad SMARTS) is 1. The molecule has 0 unspecified atom stereocenters. The second-order valence-corrected chi connectivity index (χ2v) is 11.3. The minimum atomic E-state index is -1.20. The Labute approximate surface area is 261 Å². The number of nitrogens with one attached hydrogen (secondary N) is 6. The third kappa shape index (κ3) is 13.1. The number of benzene rings is 1. The monoisotopic (exact) mass is 629 g/mol. The summed E-state index contributed by atoms with van der Waals surface area (Å²) in [4.78, 5) is 82.0. The summed E-state index contributed by atoms with van der Waals surface area (Å²) in [7, 11) is 0. The van der Waals surface area contributed by atoms with E-state index in [-0.39, 0.29) is 31.3 Å². The lowest BCUT2D eigenvalue weighted by Crippen LogP contribution is -2.57. The summed E-state index contributed by atoms with van der Waals surface area (Å²) in [6.45, 7) is 7.94. The van der Waals surface area contributed by atoms with E-state index in [1.54, 1.807) is 38.1 Å². The van der Waals surface area contributed by atoms with E-state index in [0.29, 0.717) is 5.69 Å². The molecule has 4 atom stereocenters. The predicted molar refractivity (Wildman–Crippen MR) is 162 cm³/mol. The van der Waals surface area contributed by atoms with E-state index in [1.807, 2.05) is 19.9 Å². The molecule has 2 rings (SSSR count). The van der Waals surface area contributed by atoms with E-state index in [9.17, 15) is 33.9 Å². The molecule has 1 aromatic carbocycles. The first-order chi connectivity index (χ1) is 21.3. The summed E-state index contributed by atoms with van der Waals surface area (Å²) in [5, 5.41) is 21.9. The van der Waals surface area contributed by atoms with Gasteiger partial charge in [-0.05, 0) is 30.7 Å². The lowest BCUT2D eigenvalue weighted by molar-refractivity contribution is -0.142. The van der Waals surface area contributed by atoms with Gasteiger partial charge in [0.15, 0.2) is 0 Å². The fourth-order valence-corrected chi connectivity index (χ4v) is 4.13. The second kappa shape index (κ2) is 18.0. The molecule has 1 aromatic heterocycles. The van der Waals surface area contributed by atoms with E-state index < -0.39 is 66.4 Å². The zero-order valence-corrected chi connectivity index (χ0v) is 26.1. The number of alkyl carbamates (subject to hydrolysis) is 1. The van der Waals surface area contributed by atoms with Crippen LogP contribution in [0.4, 0.5) is 4.79 Å². The van der Waals surface area contributed by atoms with Gasteiger partial charge in [0.05, 0.1) is 12.9 Å². The summed E-state index contributed by atoms with van der Waals surface area (Å²) in [5.74, 6) is -4.34. The highest BCUT2D eigenvalue weighted by Gasteiger charge is 2.30. The number of hydrogen-bond acceptors (Lipinski definition) is 8. The quantitative estimate of drug-likeness (QED) is 0.130. The maximum Gasteiger partial charge on any atom is 0.408 e. The van der Waals surface area contributed by atoms with Crippen molar-refractivity contribution in [2.24, 2.45) is 11.8 Å². The topological polar surface area (TPSA) is 221 Å². The van der Waals surface area contributed by atoms with Gasteiger partial charge in [-0.2, -0.15) is 0 Å². The number of aromatic amines is 1. The van der Waals surface area contributed by atoms with Gasteiger partial charge >= 0.3 is 12.1 Å². The van der Waals surface area contributed by atoms with Crippen molar-refractivity contribution in [1.82, 2.24) is 36.6 Å². The number of carbonyl (C=O) groups is 6. The lowest BCUT2D eigenvalue weighted by Gasteiger charge is -2.24. The zero-order chi connectivity index (χ0) is 33.5. The normalized spacial score (nSPS) is 13.6. The Bertz CT molecular complexity index is 1280. The Morgan fingerprint density at radius 1 is 0.867 bits per heavy atom. The molecular formula is C30H43N7O8. The van der Waals surface area contributed by atoms with Crippen LogP contribution in [0.25, 0.3) is 0 Å². The summed E-state index contributed by atoms with van der Waals surface area (Å²) in [6, 6.07) is 4.59. The van der Waals surface area contributed by atoms with Crippen LogP contribution in [0.1, 0.15) is 52.3 Å². The first-order valence-electron chi connectivity index (χ1n) is 14.6. The Morgan fingerprint density at radius 2 is 1.56 bits per heavy atom. The standard InChI is InChI=1S/C30H43N7O8/c1-17(2)11-23(29(42)43)36-27(40)22(12-21-13-31-16-33-21)35-24(38)14-32-28(41)25(18(3)4)37-26(39)19(5)34-30(44)45-15-20-9-7-6-8-10-20/h6-10,13,16-19,22-23,25H,11-12,14-15H2,1-5H3,(H,31,33)(H,32,41)(H,34,44)(H,35,38)(H,36,40)(H,37,39)(H,42,43)/t19-,22-,23-,25-/m0/s1. The number of carbonyl (C=O) groups excluding carboxylic acids is 5. The van der Waals surface area contributed by atoms with E-state index >= 15 is 0 Å². The SMILES string of the molecule is CC(C)C[C@H](NC(=O)[C@H](Cc1cnc[nH]1)NC(=O)CNC(=O)[C@@H](NC(=O)[C@H](C)NC(=O)OCc1ccccc1)C(C)C)C(=O)O. The average Bonchev–Trinajstić information content (AvgIpc) is 3.50. The van der Waals surface area contributed by atoms with Crippen LogP contribution >= 0.6 is 0 Å². The van der Waals surface area contributed by atoms with Crippen LogP contribution in [0, 0.1) is 11.8 Å². The van der Waals surface area contributed by atoms with Crippen molar-refractivity contribution in [2.45, 2.75) is 78.2 Å². The number of nitrogens with zero attached hydrogens (tertiary/aromatic N) is 1. The van der Waals surface area contributed by atoms with Crippen molar-refractivity contribution in [3.63, 3.8) is 0 Å². The fourth-order valence-electron chi connectivity index (χ4n) is 4.13. The van der Waals surface area contributed by atoms with Gasteiger partial charge in [0, 0.05) is 18.3 Å². The van der Waals surface area contributed by atoms with Crippen LogP contribution in [0.2, 0.25) is 0 Å². The van der Waals surface area contributed by atoms with Crippen LogP contribution in [0.15, 0.2) is 42.9 Å². The molecule has 15 heteroatoms. The molecule has 1 heterocycles. The number of amides is 5. The molecule has 0 aliphatic carbocycles. The van der Waals surface area contributed by atoms with Crippen LogP contribution < -0.4 is 26.6 Å². The molecule has 2 aromatic rings. The first-order valence-corrected chi connectivity index (χ1v) is 14.6. The van der Waals surface area contributed by atoms with Gasteiger partial charge in [-0.1, -0.05) is 58.0 Å². The number of aromatic nitrogens is 2. The molecule has 0 fully saturated rings. The van der Waals surface area contributed by atoms with Crippen molar-refractivity contribution >= 4 is 35.7 Å². The lowest BCUT2D eigenvalue weighted by atomic mass is 10.0. The van der Waals surface area contributed by atoms with Crippen molar-refractivity contribution in [2.75, 3.05) is 6.54 Å². The Kier molecular flexibility index (Phi) is 14.5. The predicted octanol–water partition coefficient (Wildman–Crippen LogP) is 0.624. The first kappa shape index (κ1) is 36.2. The van der Waals surface area contributed by atoms with E-state index in [4.69, 9.17) is 4.74 Å². The molecule has 45 heavy (non-hydrogen) atoms. The molecular weight excluding hydrogens is 586 g/mol. The third-order valence-corrected chi connectivity index (χ3v) is 6.56. The second-order valence-electron chi connectivity index (χ2n) is 11.3. The summed E-state index contributed by atoms with van der Waals surface area (Å²) in [5.41, 5.74) is 1.29. The molecule has 5 amide bonds. The van der Waals surface area contributed by atoms with Gasteiger partial charge in [-0.25, -0.2) is 14.6 Å². The number of imidazole rings is 1. The molecule has 0 radical (unpaired) electrons. The maximum absolute atomic E-state index is 13.0. The van der Waals surface area contributed by atoms with Gasteiger partial charge < -0.3 is 41.4 Å². The molecule has 0 aliphatic heterocycles. The van der Waals surface area contributed by atoms with Crippen molar-refractivity contribution in [3.05, 3.63) is 54.1 Å². The number of ether oxygens (including phenoxy) is 1. The number of aliphatic carboxylic acids is 1. The minimum absolute atomic E-state index is 0.0103. The van der Waals surface area contributed by atoms with Crippen molar-refractivity contribution in [3.8, 4) is 0 Å². The Hall–Kier alpha value is -4.95.